The second kappa shape index (κ2) is 6.76. The zero-order valence-corrected chi connectivity index (χ0v) is 13.3. The van der Waals surface area contributed by atoms with E-state index in [2.05, 4.69) is 20.9 Å². The highest BCUT2D eigenvalue weighted by molar-refractivity contribution is 9.10. The molecule has 4 nitrogen and oxygen atoms in total. The number of amides is 1. The first kappa shape index (κ1) is 14.9. The molecule has 0 saturated carbocycles. The van der Waals surface area contributed by atoms with E-state index in [-0.39, 0.29) is 5.91 Å². The molecule has 0 spiro atoms. The summed E-state index contributed by atoms with van der Waals surface area (Å²) in [4.78, 5) is 17.9. The van der Waals surface area contributed by atoms with Crippen molar-refractivity contribution in [1.29, 1.82) is 0 Å². The van der Waals surface area contributed by atoms with E-state index in [9.17, 15) is 4.79 Å². The molecule has 0 atom stereocenters. The lowest BCUT2D eigenvalue weighted by Crippen LogP contribution is -2.27. The van der Waals surface area contributed by atoms with Crippen LogP contribution in [0.4, 0.5) is 11.4 Å². The lowest BCUT2D eigenvalue weighted by atomic mass is 10.2. The minimum atomic E-state index is 0.0180. The van der Waals surface area contributed by atoms with Gasteiger partial charge in [-0.25, -0.2) is 4.98 Å². The molecule has 0 radical (unpaired) electrons. The maximum absolute atomic E-state index is 12.1. The Hall–Kier alpha value is -1.53. The number of carbonyl (C=O) groups is 1. The van der Waals surface area contributed by atoms with Gasteiger partial charge < -0.3 is 10.6 Å². The first-order valence-electron chi connectivity index (χ1n) is 5.93. The topological polar surface area (TPSA) is 59.2 Å². The summed E-state index contributed by atoms with van der Waals surface area (Å²) in [5, 5.41) is 0.826. The number of hydrogen-bond donors (Lipinski definition) is 1. The number of anilines is 2. The summed E-state index contributed by atoms with van der Waals surface area (Å²) < 4.78 is 0.923. The molecule has 0 aliphatic carbocycles. The molecule has 0 unspecified atom stereocenters. The zero-order valence-electron chi connectivity index (χ0n) is 10.9. The molecule has 0 aliphatic heterocycles. The van der Waals surface area contributed by atoms with Crippen LogP contribution < -0.4 is 10.6 Å². The van der Waals surface area contributed by atoms with Gasteiger partial charge in [0.25, 0.3) is 0 Å². The highest BCUT2D eigenvalue weighted by Crippen LogP contribution is 2.20. The van der Waals surface area contributed by atoms with Crippen molar-refractivity contribution in [2.75, 3.05) is 23.4 Å². The van der Waals surface area contributed by atoms with Crippen molar-refractivity contribution in [2.24, 2.45) is 0 Å². The third-order valence-electron chi connectivity index (χ3n) is 2.70. The largest absolute Gasteiger partial charge is 0.399 e. The van der Waals surface area contributed by atoms with E-state index in [1.54, 1.807) is 30.3 Å². The fraction of sp³-hybridized carbons (Fsp3) is 0.143. The summed E-state index contributed by atoms with van der Waals surface area (Å²) in [5.41, 5.74) is 7.14. The van der Waals surface area contributed by atoms with Crippen molar-refractivity contribution < 1.29 is 4.79 Å². The van der Waals surface area contributed by atoms with Gasteiger partial charge in [0, 0.05) is 29.1 Å². The first-order valence-corrected chi connectivity index (χ1v) is 7.70. The van der Waals surface area contributed by atoms with Gasteiger partial charge in [0.1, 0.15) is 0 Å². The molecule has 0 aliphatic rings. The van der Waals surface area contributed by atoms with Crippen LogP contribution in [0.2, 0.25) is 0 Å². The van der Waals surface area contributed by atoms with Crippen molar-refractivity contribution in [3.05, 3.63) is 47.1 Å². The molecule has 104 valence electrons. The van der Waals surface area contributed by atoms with Gasteiger partial charge in [-0.15, -0.1) is 0 Å². The van der Waals surface area contributed by atoms with Gasteiger partial charge in [-0.1, -0.05) is 11.8 Å². The number of thioether (sulfide) groups is 1. The molecule has 0 fully saturated rings. The minimum absolute atomic E-state index is 0.0180. The number of pyridine rings is 1. The van der Waals surface area contributed by atoms with E-state index < -0.39 is 0 Å². The maximum atomic E-state index is 12.1. The van der Waals surface area contributed by atoms with Gasteiger partial charge in [-0.2, -0.15) is 0 Å². The summed E-state index contributed by atoms with van der Waals surface area (Å²) in [7, 11) is 1.75. The maximum Gasteiger partial charge on any atom is 0.237 e. The monoisotopic (exact) mass is 351 g/mol. The second-order valence-corrected chi connectivity index (χ2v) is 6.06. The Morgan fingerprint density at radius 3 is 2.60 bits per heavy atom. The highest BCUT2D eigenvalue weighted by Gasteiger charge is 2.11. The second-order valence-electron chi connectivity index (χ2n) is 4.15. The molecule has 1 aromatic heterocycles. The van der Waals surface area contributed by atoms with Gasteiger partial charge in [0.15, 0.2) is 0 Å². The predicted molar refractivity (Wildman–Crippen MR) is 86.9 cm³/mol. The Bertz CT molecular complexity index is 586. The fourth-order valence-corrected chi connectivity index (χ4v) is 2.51. The summed E-state index contributed by atoms with van der Waals surface area (Å²) >= 11 is 4.74. The van der Waals surface area contributed by atoms with Gasteiger partial charge in [-0.05, 0) is 52.3 Å². The average molecular weight is 352 g/mol. The van der Waals surface area contributed by atoms with E-state index in [1.807, 2.05) is 24.3 Å². The van der Waals surface area contributed by atoms with Crippen molar-refractivity contribution in [1.82, 2.24) is 4.98 Å². The number of nitrogens with zero attached hydrogens (tertiary/aromatic N) is 2. The normalized spacial score (nSPS) is 10.3. The Kier molecular flexibility index (Phi) is 5.03. The lowest BCUT2D eigenvalue weighted by molar-refractivity contribution is -0.115. The summed E-state index contributed by atoms with van der Waals surface area (Å²) in [6, 6.07) is 11.0. The Balaban J connectivity index is 1.94. The van der Waals surface area contributed by atoms with Crippen molar-refractivity contribution in [2.45, 2.75) is 5.03 Å². The number of rotatable bonds is 4. The van der Waals surface area contributed by atoms with Crippen molar-refractivity contribution >= 4 is 45.0 Å². The predicted octanol–water partition coefficient (Wildman–Crippen LogP) is 3.18. The molecule has 1 amide bonds. The third-order valence-corrected chi connectivity index (χ3v) is 4.10. The first-order chi connectivity index (χ1) is 9.56. The van der Waals surface area contributed by atoms with Crippen LogP contribution in [-0.4, -0.2) is 23.7 Å². The molecule has 1 heterocycles. The molecular formula is C14H14BrN3OS. The number of hydrogen-bond acceptors (Lipinski definition) is 4. The van der Waals surface area contributed by atoms with Gasteiger partial charge in [0.2, 0.25) is 5.91 Å². The quantitative estimate of drug-likeness (QED) is 0.678. The van der Waals surface area contributed by atoms with E-state index in [4.69, 9.17) is 5.73 Å². The summed E-state index contributed by atoms with van der Waals surface area (Å²) in [6.07, 6.45) is 1.72. The fourth-order valence-electron chi connectivity index (χ4n) is 1.52. The van der Waals surface area contributed by atoms with Crippen molar-refractivity contribution in [3.63, 3.8) is 0 Å². The van der Waals surface area contributed by atoms with E-state index in [0.717, 1.165) is 15.2 Å². The van der Waals surface area contributed by atoms with E-state index in [1.165, 1.54) is 11.8 Å². The van der Waals surface area contributed by atoms with Gasteiger partial charge in [-0.3, -0.25) is 4.79 Å². The molecule has 0 bridgehead atoms. The number of nitrogens with two attached hydrogens (primary N) is 1. The molecule has 20 heavy (non-hydrogen) atoms. The number of halogens is 1. The number of benzene rings is 1. The number of nitrogen functional groups attached to an aromatic ring is 1. The third kappa shape index (κ3) is 3.98. The van der Waals surface area contributed by atoms with Gasteiger partial charge in [0.05, 0.1) is 10.8 Å². The Morgan fingerprint density at radius 1 is 1.30 bits per heavy atom. The zero-order chi connectivity index (χ0) is 14.5. The van der Waals surface area contributed by atoms with Crippen molar-refractivity contribution in [3.8, 4) is 0 Å². The molecule has 2 N–H and O–H groups in total. The molecule has 2 rings (SSSR count). The molecule has 0 saturated heterocycles. The molecule has 1 aromatic carbocycles. The summed E-state index contributed by atoms with van der Waals surface area (Å²) in [5.74, 6) is 0.361. The number of aromatic nitrogens is 1. The molecular weight excluding hydrogens is 338 g/mol. The molecule has 6 heteroatoms. The van der Waals surface area contributed by atoms with Crippen LogP contribution in [0.5, 0.6) is 0 Å². The number of carbonyl (C=O) groups excluding carboxylic acids is 1. The smallest absolute Gasteiger partial charge is 0.237 e. The average Bonchev–Trinajstić information content (AvgIpc) is 2.46. The Morgan fingerprint density at radius 2 is 2.00 bits per heavy atom. The van der Waals surface area contributed by atoms with Crippen LogP contribution in [0, 0.1) is 0 Å². The SMILES string of the molecule is CN(C(=O)CSc1ccc(Br)cn1)c1ccc(N)cc1. The van der Waals surface area contributed by atoms with Gasteiger partial charge >= 0.3 is 0 Å². The highest BCUT2D eigenvalue weighted by atomic mass is 79.9. The van der Waals surface area contributed by atoms with Crippen LogP contribution in [0.3, 0.4) is 0 Å². The minimum Gasteiger partial charge on any atom is -0.399 e. The summed E-state index contributed by atoms with van der Waals surface area (Å²) in [6.45, 7) is 0. The van der Waals surface area contributed by atoms with E-state index in [0.29, 0.717) is 11.4 Å². The van der Waals surface area contributed by atoms with Crippen LogP contribution >= 0.6 is 27.7 Å². The van der Waals surface area contributed by atoms with Crippen LogP contribution in [0.25, 0.3) is 0 Å². The lowest BCUT2D eigenvalue weighted by Gasteiger charge is -2.17. The van der Waals surface area contributed by atoms with E-state index >= 15 is 0 Å². The standard InChI is InChI=1S/C14H14BrN3OS/c1-18(12-5-3-11(16)4-6-12)14(19)9-20-13-7-2-10(15)8-17-13/h2-8H,9,16H2,1H3. The molecule has 2 aromatic rings. The van der Waals surface area contributed by atoms with Crippen LogP contribution in [-0.2, 0) is 4.79 Å². The van der Waals surface area contributed by atoms with Crippen LogP contribution in [0.15, 0.2) is 52.1 Å². The van der Waals surface area contributed by atoms with Crippen LogP contribution in [0.1, 0.15) is 0 Å². The Labute approximate surface area is 130 Å².